The molecule has 0 bridgehead atoms. The fourth-order valence-corrected chi connectivity index (χ4v) is 4.10. The summed E-state index contributed by atoms with van der Waals surface area (Å²) in [6.07, 6.45) is 6.15. The van der Waals surface area contributed by atoms with Crippen LogP contribution >= 0.6 is 0 Å². The van der Waals surface area contributed by atoms with E-state index in [1.54, 1.807) is 12.1 Å². The first-order valence-electron chi connectivity index (χ1n) is 11.2. The molecule has 0 saturated carbocycles. The minimum atomic E-state index is -4.71. The molecule has 2 aliphatic rings. The predicted octanol–water partition coefficient (Wildman–Crippen LogP) is 6.19. The summed E-state index contributed by atoms with van der Waals surface area (Å²) < 4.78 is 46.9. The van der Waals surface area contributed by atoms with Crippen LogP contribution in [0.3, 0.4) is 0 Å². The Kier molecular flexibility index (Phi) is 8.47. The molecule has 1 atom stereocenters. The molecular weight excluding hydrogens is 435 g/mol. The topological polar surface area (TPSA) is 59.0 Å². The van der Waals surface area contributed by atoms with Gasteiger partial charge in [0.2, 0.25) is 0 Å². The van der Waals surface area contributed by atoms with Crippen LogP contribution in [-0.4, -0.2) is 35.4 Å². The molecule has 0 aromatic heterocycles. The Labute approximate surface area is 192 Å². The van der Waals surface area contributed by atoms with Crippen molar-refractivity contribution in [1.29, 1.82) is 0 Å². The number of allylic oxidation sites excluding steroid dienone is 4. The van der Waals surface area contributed by atoms with E-state index in [4.69, 9.17) is 9.84 Å². The highest BCUT2D eigenvalue weighted by Crippen LogP contribution is 2.29. The Bertz CT molecular complexity index is 903. The van der Waals surface area contributed by atoms with Crippen LogP contribution in [-0.2, 0) is 16.1 Å². The fraction of sp³-hybridized carbons (Fsp3) is 0.480. The van der Waals surface area contributed by atoms with Gasteiger partial charge in [0.25, 0.3) is 0 Å². The molecule has 8 heteroatoms. The Morgan fingerprint density at radius 3 is 2.67 bits per heavy atom. The summed E-state index contributed by atoms with van der Waals surface area (Å²) in [4.78, 5) is 13.1. The van der Waals surface area contributed by atoms with Gasteiger partial charge in [-0.05, 0) is 74.8 Å². The number of hydrogen-bond acceptors (Lipinski definition) is 4. The van der Waals surface area contributed by atoms with Crippen LogP contribution in [0, 0.1) is 5.92 Å². The van der Waals surface area contributed by atoms with Crippen LogP contribution in [0.5, 0.6) is 5.75 Å². The van der Waals surface area contributed by atoms with Gasteiger partial charge in [0.1, 0.15) is 18.1 Å². The monoisotopic (exact) mass is 465 g/mol. The van der Waals surface area contributed by atoms with Gasteiger partial charge in [-0.1, -0.05) is 17.7 Å². The zero-order valence-electron chi connectivity index (χ0n) is 18.7. The molecule has 1 N–H and O–H groups in total. The first-order valence-corrected chi connectivity index (χ1v) is 11.2. The molecule has 1 heterocycles. The predicted molar refractivity (Wildman–Crippen MR) is 118 cm³/mol. The SMILES string of the molecule is C/C1=C/C(N2CCC(CCCC(=O)O)C2)=C\C(OCc2ccc(OC(F)(F)F)cc2)=C/CC1. The summed E-state index contributed by atoms with van der Waals surface area (Å²) in [5.74, 6) is 0.209. The normalized spacial score (nSPS) is 23.9. The lowest BCUT2D eigenvalue weighted by molar-refractivity contribution is -0.274. The van der Waals surface area contributed by atoms with E-state index >= 15 is 0 Å². The fourth-order valence-electron chi connectivity index (χ4n) is 4.10. The number of carboxylic acid groups (broad SMARTS) is 1. The van der Waals surface area contributed by atoms with Crippen molar-refractivity contribution >= 4 is 5.97 Å². The van der Waals surface area contributed by atoms with Crippen LogP contribution < -0.4 is 4.74 Å². The maximum absolute atomic E-state index is 12.3. The van der Waals surface area contributed by atoms with E-state index in [2.05, 4.69) is 22.6 Å². The second-order valence-electron chi connectivity index (χ2n) is 8.57. The molecule has 1 saturated heterocycles. The molecule has 1 aromatic carbocycles. The lowest BCUT2D eigenvalue weighted by Gasteiger charge is -2.23. The number of aliphatic carboxylic acids is 1. The molecule has 1 fully saturated rings. The summed E-state index contributed by atoms with van der Waals surface area (Å²) in [6, 6.07) is 5.67. The van der Waals surface area contributed by atoms with E-state index in [0.29, 0.717) is 12.3 Å². The van der Waals surface area contributed by atoms with Crippen molar-refractivity contribution < 1.29 is 32.5 Å². The summed E-state index contributed by atoms with van der Waals surface area (Å²) in [5.41, 5.74) is 3.10. The van der Waals surface area contributed by atoms with Gasteiger partial charge >= 0.3 is 12.3 Å². The Balaban J connectivity index is 1.61. The van der Waals surface area contributed by atoms with Crippen LogP contribution in [0.2, 0.25) is 0 Å². The van der Waals surface area contributed by atoms with Gasteiger partial charge < -0.3 is 19.5 Å². The summed E-state index contributed by atoms with van der Waals surface area (Å²) in [7, 11) is 0. The molecule has 5 nitrogen and oxygen atoms in total. The maximum atomic E-state index is 12.3. The molecule has 0 radical (unpaired) electrons. The third-order valence-corrected chi connectivity index (χ3v) is 5.79. The highest BCUT2D eigenvalue weighted by molar-refractivity contribution is 5.66. The molecule has 180 valence electrons. The van der Waals surface area contributed by atoms with Crippen molar-refractivity contribution in [3.05, 3.63) is 65.1 Å². The van der Waals surface area contributed by atoms with Gasteiger partial charge in [0.15, 0.2) is 0 Å². The molecular formula is C25H30F3NO4. The quantitative estimate of drug-likeness (QED) is 0.472. The molecule has 1 unspecified atom stereocenters. The number of nitrogens with zero attached hydrogens (tertiary/aromatic N) is 1. The van der Waals surface area contributed by atoms with E-state index in [1.807, 2.05) is 12.2 Å². The number of carboxylic acids is 1. The number of hydrogen-bond donors (Lipinski definition) is 1. The average molecular weight is 466 g/mol. The largest absolute Gasteiger partial charge is 0.573 e. The van der Waals surface area contributed by atoms with Crippen molar-refractivity contribution in [2.45, 2.75) is 58.4 Å². The highest BCUT2D eigenvalue weighted by atomic mass is 19.4. The van der Waals surface area contributed by atoms with Crippen molar-refractivity contribution in [2.24, 2.45) is 5.92 Å². The zero-order chi connectivity index (χ0) is 23.8. The van der Waals surface area contributed by atoms with E-state index < -0.39 is 12.3 Å². The number of ether oxygens (including phenoxy) is 2. The van der Waals surface area contributed by atoms with Crippen LogP contribution in [0.4, 0.5) is 13.2 Å². The smallest absolute Gasteiger partial charge is 0.489 e. The lowest BCUT2D eigenvalue weighted by Crippen LogP contribution is -2.20. The molecule has 1 aliphatic heterocycles. The number of alkyl halides is 3. The van der Waals surface area contributed by atoms with E-state index in [-0.39, 0.29) is 18.8 Å². The molecule has 1 aliphatic carbocycles. The Hall–Kier alpha value is -2.90. The lowest BCUT2D eigenvalue weighted by atomic mass is 10.0. The maximum Gasteiger partial charge on any atom is 0.573 e. The second-order valence-corrected chi connectivity index (χ2v) is 8.57. The molecule has 3 rings (SSSR count). The van der Waals surface area contributed by atoms with E-state index in [0.717, 1.165) is 55.8 Å². The van der Waals surface area contributed by atoms with Crippen molar-refractivity contribution in [3.8, 4) is 5.75 Å². The third-order valence-electron chi connectivity index (χ3n) is 5.79. The first-order chi connectivity index (χ1) is 15.7. The number of likely N-dealkylation sites (tertiary alicyclic amines) is 1. The van der Waals surface area contributed by atoms with Gasteiger partial charge in [0.05, 0.1) is 0 Å². The van der Waals surface area contributed by atoms with E-state index in [9.17, 15) is 18.0 Å². The van der Waals surface area contributed by atoms with Crippen molar-refractivity contribution in [2.75, 3.05) is 13.1 Å². The van der Waals surface area contributed by atoms with Crippen LogP contribution in [0.25, 0.3) is 0 Å². The third kappa shape index (κ3) is 8.51. The van der Waals surface area contributed by atoms with Gasteiger partial charge in [-0.2, -0.15) is 0 Å². The summed E-state index contributed by atoms with van der Waals surface area (Å²) in [6.45, 7) is 4.16. The van der Waals surface area contributed by atoms with Crippen LogP contribution in [0.15, 0.2) is 59.5 Å². The Morgan fingerprint density at radius 1 is 1.21 bits per heavy atom. The summed E-state index contributed by atoms with van der Waals surface area (Å²) in [5, 5.41) is 8.85. The molecule has 1 aromatic rings. The average Bonchev–Trinajstić information content (AvgIpc) is 3.18. The number of rotatable bonds is 9. The Morgan fingerprint density at radius 2 is 1.97 bits per heavy atom. The van der Waals surface area contributed by atoms with E-state index in [1.165, 1.54) is 17.7 Å². The highest BCUT2D eigenvalue weighted by Gasteiger charge is 2.31. The molecule has 33 heavy (non-hydrogen) atoms. The minimum Gasteiger partial charge on any atom is -0.489 e. The van der Waals surface area contributed by atoms with Crippen molar-refractivity contribution in [1.82, 2.24) is 4.90 Å². The molecule has 0 spiro atoms. The minimum absolute atomic E-state index is 0.211. The van der Waals surface area contributed by atoms with Gasteiger partial charge in [-0.25, -0.2) is 0 Å². The van der Waals surface area contributed by atoms with Gasteiger partial charge in [0, 0.05) is 31.3 Å². The molecule has 0 amide bonds. The number of benzene rings is 1. The van der Waals surface area contributed by atoms with Gasteiger partial charge in [-0.15, -0.1) is 13.2 Å². The van der Waals surface area contributed by atoms with Crippen molar-refractivity contribution in [3.63, 3.8) is 0 Å². The number of carbonyl (C=O) groups is 1. The number of halogens is 3. The second kappa shape index (κ2) is 11.3. The standard InChI is InChI=1S/C25H30F3NO4/c1-18-4-2-6-23(32-17-20-8-10-22(11-9-20)33-25(26,27)28)15-21(14-18)29-13-12-19(16-29)5-3-7-24(30)31/h6,8-11,14-15,19H,2-5,7,12-13,16-17H2,1H3,(H,30,31)/b18-14-,21-15+,23-6+. The van der Waals surface area contributed by atoms with Gasteiger partial charge in [-0.3, -0.25) is 4.79 Å². The first kappa shape index (κ1) is 24.7. The zero-order valence-corrected chi connectivity index (χ0v) is 18.7. The summed E-state index contributed by atoms with van der Waals surface area (Å²) >= 11 is 0. The van der Waals surface area contributed by atoms with Crippen LogP contribution in [0.1, 0.15) is 51.0 Å².